The minimum Gasteiger partial charge on any atom is -0.324 e. The van der Waals surface area contributed by atoms with Gasteiger partial charge in [-0.1, -0.05) is 18.5 Å². The highest BCUT2D eigenvalue weighted by Gasteiger charge is 2.39. The maximum absolute atomic E-state index is 11.7. The quantitative estimate of drug-likeness (QED) is 0.860. The molecule has 2 atom stereocenters. The minimum atomic E-state index is 0.0441. The summed E-state index contributed by atoms with van der Waals surface area (Å²) in [6.07, 6.45) is 0.970. The summed E-state index contributed by atoms with van der Waals surface area (Å²) in [5.74, 6) is 1.18. The van der Waals surface area contributed by atoms with Gasteiger partial charge in [-0.15, -0.1) is 0 Å². The number of hydrogen-bond donors (Lipinski definition) is 2. The second-order valence-corrected chi connectivity index (χ2v) is 4.99. The molecule has 88 valence electrons. The van der Waals surface area contributed by atoms with Gasteiger partial charge in [0, 0.05) is 10.9 Å². The Morgan fingerprint density at radius 1 is 1.59 bits per heavy atom. The third-order valence-corrected chi connectivity index (χ3v) is 3.37. The first-order valence-electron chi connectivity index (χ1n) is 5.59. The van der Waals surface area contributed by atoms with Gasteiger partial charge in [-0.25, -0.2) is 4.98 Å². The summed E-state index contributed by atoms with van der Waals surface area (Å²) < 4.78 is 0. The lowest BCUT2D eigenvalue weighted by atomic mass is 10.3. The molecule has 2 N–H and O–H groups in total. The molecule has 17 heavy (non-hydrogen) atoms. The van der Waals surface area contributed by atoms with Crippen LogP contribution in [0.1, 0.15) is 13.3 Å². The fraction of sp³-hybridized carbons (Fsp3) is 0.333. The van der Waals surface area contributed by atoms with E-state index in [1.165, 1.54) is 0 Å². The van der Waals surface area contributed by atoms with Crippen LogP contribution in [-0.4, -0.2) is 15.9 Å². The molecule has 0 bridgehead atoms. The summed E-state index contributed by atoms with van der Waals surface area (Å²) in [6.45, 7) is 2.07. The Labute approximate surface area is 103 Å². The Bertz CT molecular complexity index is 592. The van der Waals surface area contributed by atoms with Gasteiger partial charge in [-0.2, -0.15) is 0 Å². The summed E-state index contributed by atoms with van der Waals surface area (Å²) in [5, 5.41) is 3.44. The molecule has 2 aromatic rings. The molecule has 1 fully saturated rings. The van der Waals surface area contributed by atoms with Crippen LogP contribution in [-0.2, 0) is 4.79 Å². The molecule has 0 aliphatic heterocycles. The lowest BCUT2D eigenvalue weighted by Crippen LogP contribution is -2.15. The molecule has 1 aliphatic carbocycles. The second kappa shape index (κ2) is 3.74. The number of aromatic amines is 1. The molecule has 1 saturated carbocycles. The fourth-order valence-corrected chi connectivity index (χ4v) is 2.11. The number of rotatable bonds is 2. The molecule has 0 spiro atoms. The van der Waals surface area contributed by atoms with E-state index in [1.807, 2.05) is 6.07 Å². The van der Waals surface area contributed by atoms with Gasteiger partial charge in [-0.3, -0.25) is 10.1 Å². The van der Waals surface area contributed by atoms with E-state index in [0.29, 0.717) is 16.9 Å². The molecular formula is C12H12ClN3O. The van der Waals surface area contributed by atoms with Crippen LogP contribution in [0.4, 0.5) is 5.95 Å². The number of H-pyrrole nitrogens is 1. The van der Waals surface area contributed by atoms with Crippen molar-refractivity contribution in [3.05, 3.63) is 23.2 Å². The van der Waals surface area contributed by atoms with E-state index in [2.05, 4.69) is 22.2 Å². The maximum Gasteiger partial charge on any atom is 0.230 e. The van der Waals surface area contributed by atoms with E-state index >= 15 is 0 Å². The van der Waals surface area contributed by atoms with Crippen LogP contribution in [0.3, 0.4) is 0 Å². The second-order valence-electron chi connectivity index (χ2n) is 4.56. The predicted molar refractivity (Wildman–Crippen MR) is 67.0 cm³/mol. The summed E-state index contributed by atoms with van der Waals surface area (Å²) >= 11 is 5.88. The van der Waals surface area contributed by atoms with Gasteiger partial charge in [0.05, 0.1) is 11.0 Å². The SMILES string of the molecule is C[C@H]1C[C@@H]1C(=O)Nc1nc2ccc(Cl)cc2[nH]1. The van der Waals surface area contributed by atoms with Gasteiger partial charge >= 0.3 is 0 Å². The number of fused-ring (bicyclic) bond motifs is 1. The van der Waals surface area contributed by atoms with Crippen molar-refractivity contribution < 1.29 is 4.79 Å². The first kappa shape index (κ1) is 10.6. The minimum absolute atomic E-state index is 0.0441. The van der Waals surface area contributed by atoms with Crippen molar-refractivity contribution in [2.75, 3.05) is 5.32 Å². The zero-order valence-electron chi connectivity index (χ0n) is 9.33. The molecule has 1 aromatic carbocycles. The van der Waals surface area contributed by atoms with Crippen molar-refractivity contribution in [2.45, 2.75) is 13.3 Å². The van der Waals surface area contributed by atoms with Crippen LogP contribution in [0.25, 0.3) is 11.0 Å². The number of nitrogens with one attached hydrogen (secondary N) is 2. The van der Waals surface area contributed by atoms with Gasteiger partial charge in [0.15, 0.2) is 0 Å². The van der Waals surface area contributed by atoms with Gasteiger partial charge in [-0.05, 0) is 30.5 Å². The molecule has 1 aliphatic rings. The van der Waals surface area contributed by atoms with E-state index in [4.69, 9.17) is 11.6 Å². The smallest absolute Gasteiger partial charge is 0.230 e. The van der Waals surface area contributed by atoms with Gasteiger partial charge < -0.3 is 4.98 Å². The lowest BCUT2D eigenvalue weighted by Gasteiger charge is -1.98. The zero-order valence-corrected chi connectivity index (χ0v) is 10.1. The Morgan fingerprint density at radius 2 is 2.35 bits per heavy atom. The van der Waals surface area contributed by atoms with E-state index in [9.17, 15) is 4.79 Å². The monoisotopic (exact) mass is 249 g/mol. The number of anilines is 1. The Kier molecular flexibility index (Phi) is 2.33. The van der Waals surface area contributed by atoms with Crippen molar-refractivity contribution in [3.8, 4) is 0 Å². The molecule has 5 heteroatoms. The van der Waals surface area contributed by atoms with Crippen molar-refractivity contribution >= 4 is 34.5 Å². The molecule has 0 unspecified atom stereocenters. The van der Waals surface area contributed by atoms with Crippen molar-refractivity contribution in [2.24, 2.45) is 11.8 Å². The summed E-state index contributed by atoms with van der Waals surface area (Å²) in [6, 6.07) is 5.39. The normalized spacial score (nSPS) is 22.7. The molecule has 1 amide bonds. The highest BCUT2D eigenvalue weighted by atomic mass is 35.5. The van der Waals surface area contributed by atoms with Gasteiger partial charge in [0.25, 0.3) is 0 Å². The summed E-state index contributed by atoms with van der Waals surface area (Å²) in [5.41, 5.74) is 1.63. The zero-order chi connectivity index (χ0) is 12.0. The third-order valence-electron chi connectivity index (χ3n) is 3.13. The molecule has 3 rings (SSSR count). The average molecular weight is 250 g/mol. The highest BCUT2D eigenvalue weighted by molar-refractivity contribution is 6.31. The van der Waals surface area contributed by atoms with Crippen molar-refractivity contribution in [1.82, 2.24) is 9.97 Å². The van der Waals surface area contributed by atoms with Gasteiger partial charge in [0.2, 0.25) is 11.9 Å². The van der Waals surface area contributed by atoms with Crippen LogP contribution in [0.5, 0.6) is 0 Å². The third kappa shape index (κ3) is 2.00. The van der Waals surface area contributed by atoms with Crippen LogP contribution < -0.4 is 5.32 Å². The average Bonchev–Trinajstić information content (AvgIpc) is 2.87. The number of hydrogen-bond acceptors (Lipinski definition) is 2. The number of halogens is 1. The first-order chi connectivity index (χ1) is 8.13. The summed E-state index contributed by atoms with van der Waals surface area (Å²) in [7, 11) is 0. The largest absolute Gasteiger partial charge is 0.324 e. The number of amides is 1. The van der Waals surface area contributed by atoms with Crippen LogP contribution in [0, 0.1) is 11.8 Å². The molecule has 1 heterocycles. The highest BCUT2D eigenvalue weighted by Crippen LogP contribution is 2.38. The lowest BCUT2D eigenvalue weighted by molar-refractivity contribution is -0.117. The van der Waals surface area contributed by atoms with Crippen LogP contribution in [0.2, 0.25) is 5.02 Å². The maximum atomic E-state index is 11.7. The number of benzene rings is 1. The van der Waals surface area contributed by atoms with Crippen LogP contribution in [0.15, 0.2) is 18.2 Å². The van der Waals surface area contributed by atoms with Crippen LogP contribution >= 0.6 is 11.6 Å². The number of aromatic nitrogens is 2. The van der Waals surface area contributed by atoms with Gasteiger partial charge in [0.1, 0.15) is 0 Å². The van der Waals surface area contributed by atoms with E-state index in [-0.39, 0.29) is 11.8 Å². The fourth-order valence-electron chi connectivity index (χ4n) is 1.94. The molecule has 0 saturated heterocycles. The summed E-state index contributed by atoms with van der Waals surface area (Å²) in [4.78, 5) is 19.1. The van der Waals surface area contributed by atoms with E-state index in [1.54, 1.807) is 12.1 Å². The number of nitrogens with zero attached hydrogens (tertiary/aromatic N) is 1. The molecular weight excluding hydrogens is 238 g/mol. The van der Waals surface area contributed by atoms with Crippen molar-refractivity contribution in [3.63, 3.8) is 0 Å². The van der Waals surface area contributed by atoms with Crippen molar-refractivity contribution in [1.29, 1.82) is 0 Å². The molecule has 1 aromatic heterocycles. The Morgan fingerprint density at radius 3 is 3.06 bits per heavy atom. The topological polar surface area (TPSA) is 57.8 Å². The Balaban J connectivity index is 1.83. The molecule has 4 nitrogen and oxygen atoms in total. The number of imidazole rings is 1. The predicted octanol–water partition coefficient (Wildman–Crippen LogP) is 2.81. The van der Waals surface area contributed by atoms with E-state index < -0.39 is 0 Å². The number of carbonyl (C=O) groups excluding carboxylic acids is 1. The molecule has 0 radical (unpaired) electrons. The first-order valence-corrected chi connectivity index (χ1v) is 5.97. The van der Waals surface area contributed by atoms with E-state index in [0.717, 1.165) is 17.5 Å². The number of carbonyl (C=O) groups is 1. The Hall–Kier alpha value is -1.55. The standard InChI is InChI=1S/C12H12ClN3O/c1-6-4-8(6)11(17)16-12-14-9-3-2-7(13)5-10(9)15-12/h2-3,5-6,8H,4H2,1H3,(H2,14,15,16,17)/t6-,8-/m0/s1.